The van der Waals surface area contributed by atoms with Crippen LogP contribution in [0.2, 0.25) is 0 Å². The van der Waals surface area contributed by atoms with E-state index >= 15 is 0 Å². The van der Waals surface area contributed by atoms with E-state index in [4.69, 9.17) is 4.42 Å². The Bertz CT molecular complexity index is 1550. The molecule has 0 saturated heterocycles. The van der Waals surface area contributed by atoms with Crippen LogP contribution in [0.4, 0.5) is 13.2 Å². The first-order valence-electron chi connectivity index (χ1n) is 9.64. The van der Waals surface area contributed by atoms with E-state index in [0.29, 0.717) is 18.4 Å². The van der Waals surface area contributed by atoms with Gasteiger partial charge in [0.15, 0.2) is 15.4 Å². The first kappa shape index (κ1) is 23.2. The van der Waals surface area contributed by atoms with Crippen molar-refractivity contribution >= 4 is 30.8 Å². The standard InChI is InChI=1S/C20H16F3N3O5S2/c1-3-32(27,28)15-8-12(19(10-24)6-7-19)9-25-17(15)18-26-16-11(2)14(5-4-13(16)31-18)33(29,30)20(21,22)23/h4-5,8-9H,3,6-7H2,1-2H3. The minimum Gasteiger partial charge on any atom is -0.435 e. The molecule has 1 saturated carbocycles. The van der Waals surface area contributed by atoms with E-state index in [1.54, 1.807) is 0 Å². The fraction of sp³-hybridized carbons (Fsp3) is 0.350. The first-order chi connectivity index (χ1) is 15.3. The number of aryl methyl sites for hydroxylation is 1. The van der Waals surface area contributed by atoms with Crippen molar-refractivity contribution in [1.82, 2.24) is 9.97 Å². The smallest absolute Gasteiger partial charge is 0.435 e. The predicted molar refractivity (Wildman–Crippen MR) is 109 cm³/mol. The van der Waals surface area contributed by atoms with E-state index in [-0.39, 0.29) is 38.9 Å². The van der Waals surface area contributed by atoms with Gasteiger partial charge in [-0.25, -0.2) is 26.8 Å². The number of nitriles is 1. The summed E-state index contributed by atoms with van der Waals surface area (Å²) in [6.07, 6.45) is 2.48. The van der Waals surface area contributed by atoms with Gasteiger partial charge in [0.1, 0.15) is 11.2 Å². The maximum absolute atomic E-state index is 13.0. The number of benzene rings is 1. The highest BCUT2D eigenvalue weighted by Crippen LogP contribution is 2.48. The van der Waals surface area contributed by atoms with Gasteiger partial charge in [-0.05, 0) is 49.1 Å². The second-order valence-corrected chi connectivity index (χ2v) is 11.8. The van der Waals surface area contributed by atoms with E-state index in [1.165, 1.54) is 19.2 Å². The van der Waals surface area contributed by atoms with Crippen LogP contribution in [0.15, 0.2) is 38.6 Å². The van der Waals surface area contributed by atoms with E-state index in [2.05, 4.69) is 16.0 Å². The molecule has 0 N–H and O–H groups in total. The third-order valence-electron chi connectivity index (χ3n) is 5.65. The second-order valence-electron chi connectivity index (χ2n) is 7.67. The maximum atomic E-state index is 13.0. The zero-order valence-electron chi connectivity index (χ0n) is 17.3. The number of hydrogen-bond acceptors (Lipinski definition) is 8. The molecule has 0 aliphatic heterocycles. The number of sulfone groups is 2. The summed E-state index contributed by atoms with van der Waals surface area (Å²) in [7, 11) is -9.49. The van der Waals surface area contributed by atoms with Crippen LogP contribution in [-0.2, 0) is 25.1 Å². The van der Waals surface area contributed by atoms with Crippen molar-refractivity contribution in [2.45, 2.75) is 47.4 Å². The lowest BCUT2D eigenvalue weighted by molar-refractivity contribution is -0.0436. The van der Waals surface area contributed by atoms with Gasteiger partial charge in [0, 0.05) is 6.20 Å². The molecule has 1 aliphatic rings. The number of halogens is 3. The van der Waals surface area contributed by atoms with Crippen LogP contribution in [0, 0.1) is 18.3 Å². The number of oxazole rings is 1. The highest BCUT2D eigenvalue weighted by Gasteiger charge is 2.48. The number of nitrogens with zero attached hydrogens (tertiary/aromatic N) is 3. The Hall–Kier alpha value is -2.98. The monoisotopic (exact) mass is 499 g/mol. The lowest BCUT2D eigenvalue weighted by Crippen LogP contribution is -2.24. The summed E-state index contributed by atoms with van der Waals surface area (Å²) < 4.78 is 93.9. The number of alkyl halides is 3. The summed E-state index contributed by atoms with van der Waals surface area (Å²) in [6.45, 7) is 2.57. The molecular weight excluding hydrogens is 483 g/mol. The van der Waals surface area contributed by atoms with Crippen molar-refractivity contribution in [1.29, 1.82) is 5.26 Å². The van der Waals surface area contributed by atoms with Crippen LogP contribution in [0.5, 0.6) is 0 Å². The molecule has 0 unspecified atom stereocenters. The molecule has 2 aromatic heterocycles. The molecule has 1 fully saturated rings. The molecule has 8 nitrogen and oxygen atoms in total. The average molecular weight is 499 g/mol. The van der Waals surface area contributed by atoms with Gasteiger partial charge in [0.25, 0.3) is 9.84 Å². The van der Waals surface area contributed by atoms with Crippen molar-refractivity contribution in [3.05, 3.63) is 35.5 Å². The van der Waals surface area contributed by atoms with Crippen LogP contribution in [0.1, 0.15) is 30.9 Å². The number of rotatable bonds is 5. The molecule has 0 atom stereocenters. The Labute approximate surface area is 186 Å². The summed E-state index contributed by atoms with van der Waals surface area (Å²) in [5.74, 6) is -0.576. The van der Waals surface area contributed by atoms with Gasteiger partial charge in [-0.1, -0.05) is 6.92 Å². The largest absolute Gasteiger partial charge is 0.501 e. The summed E-state index contributed by atoms with van der Waals surface area (Å²) in [6, 6.07) is 5.30. The van der Waals surface area contributed by atoms with Crippen molar-refractivity contribution in [3.8, 4) is 17.7 Å². The Balaban J connectivity index is 1.93. The number of fused-ring (bicyclic) bond motifs is 1. The normalized spacial score (nSPS) is 16.0. The molecule has 0 amide bonds. The van der Waals surface area contributed by atoms with Crippen LogP contribution in [0.3, 0.4) is 0 Å². The zero-order valence-corrected chi connectivity index (χ0v) is 18.9. The summed E-state index contributed by atoms with van der Waals surface area (Å²) in [4.78, 5) is 7.05. The van der Waals surface area contributed by atoms with Gasteiger partial charge in [0.2, 0.25) is 5.89 Å². The van der Waals surface area contributed by atoms with Gasteiger partial charge in [-0.2, -0.15) is 18.4 Å². The van der Waals surface area contributed by atoms with Crippen molar-refractivity contribution < 1.29 is 34.4 Å². The highest BCUT2D eigenvalue weighted by molar-refractivity contribution is 7.92. The topological polar surface area (TPSA) is 131 Å². The molecule has 3 aromatic rings. The number of pyridine rings is 1. The molecule has 174 valence electrons. The maximum Gasteiger partial charge on any atom is 0.501 e. The average Bonchev–Trinajstić information content (AvgIpc) is 3.44. The van der Waals surface area contributed by atoms with E-state index in [9.17, 15) is 35.3 Å². The molecule has 2 heterocycles. The predicted octanol–water partition coefficient (Wildman–Crippen LogP) is 3.84. The van der Waals surface area contributed by atoms with Gasteiger partial charge < -0.3 is 4.42 Å². The molecule has 0 spiro atoms. The van der Waals surface area contributed by atoms with Crippen LogP contribution >= 0.6 is 0 Å². The fourth-order valence-electron chi connectivity index (χ4n) is 3.47. The van der Waals surface area contributed by atoms with Gasteiger partial charge in [0.05, 0.1) is 27.0 Å². The number of aromatic nitrogens is 2. The molecular formula is C20H16F3N3O5S2. The molecule has 33 heavy (non-hydrogen) atoms. The van der Waals surface area contributed by atoms with Crippen molar-refractivity contribution in [2.75, 3.05) is 5.75 Å². The lowest BCUT2D eigenvalue weighted by atomic mass is 9.99. The van der Waals surface area contributed by atoms with Gasteiger partial charge >= 0.3 is 5.51 Å². The Morgan fingerprint density at radius 1 is 1.18 bits per heavy atom. The van der Waals surface area contributed by atoms with Crippen molar-refractivity contribution in [2.24, 2.45) is 0 Å². The zero-order chi connectivity index (χ0) is 24.4. The van der Waals surface area contributed by atoms with Crippen LogP contribution in [0.25, 0.3) is 22.7 Å². The molecule has 13 heteroatoms. The Morgan fingerprint density at radius 2 is 1.85 bits per heavy atom. The summed E-state index contributed by atoms with van der Waals surface area (Å²) in [5.41, 5.74) is -6.55. The fourth-order valence-corrected chi connectivity index (χ4v) is 5.52. The summed E-state index contributed by atoms with van der Waals surface area (Å²) in [5, 5.41) is 9.43. The van der Waals surface area contributed by atoms with E-state index in [0.717, 1.165) is 19.1 Å². The molecule has 4 rings (SSSR count). The minimum absolute atomic E-state index is 0.0370. The van der Waals surface area contributed by atoms with Gasteiger partial charge in [-0.3, -0.25) is 0 Å². The molecule has 1 aromatic carbocycles. The summed E-state index contributed by atoms with van der Waals surface area (Å²) >= 11 is 0. The SMILES string of the molecule is CCS(=O)(=O)c1cc(C2(C#N)CC2)cnc1-c1nc2c(C)c(S(=O)(=O)C(F)(F)F)ccc2o1. The van der Waals surface area contributed by atoms with E-state index < -0.39 is 35.5 Å². The Kier molecular flexibility index (Phi) is 5.10. The molecule has 0 bridgehead atoms. The molecule has 0 radical (unpaired) electrons. The van der Waals surface area contributed by atoms with Crippen LogP contribution in [-0.4, -0.2) is 38.1 Å². The van der Waals surface area contributed by atoms with Crippen molar-refractivity contribution in [3.63, 3.8) is 0 Å². The Morgan fingerprint density at radius 3 is 2.39 bits per heavy atom. The second kappa shape index (κ2) is 7.26. The van der Waals surface area contributed by atoms with Crippen LogP contribution < -0.4 is 0 Å². The number of hydrogen-bond donors (Lipinski definition) is 0. The third-order valence-corrected chi connectivity index (χ3v) is 9.02. The third kappa shape index (κ3) is 3.57. The lowest BCUT2D eigenvalue weighted by Gasteiger charge is -2.11. The minimum atomic E-state index is -5.63. The quantitative estimate of drug-likeness (QED) is 0.517. The first-order valence-corrected chi connectivity index (χ1v) is 12.8. The highest BCUT2D eigenvalue weighted by atomic mass is 32.2. The van der Waals surface area contributed by atoms with Gasteiger partial charge in [-0.15, -0.1) is 0 Å². The molecule has 1 aliphatic carbocycles. The van der Waals surface area contributed by atoms with E-state index in [1.807, 2.05) is 0 Å².